The first-order valence-electron chi connectivity index (χ1n) is 18.1. The van der Waals surface area contributed by atoms with Gasteiger partial charge in [0, 0.05) is 40.2 Å². The summed E-state index contributed by atoms with van der Waals surface area (Å²) in [6, 6.07) is 59.4. The second-order valence-electron chi connectivity index (χ2n) is 13.8. The predicted molar refractivity (Wildman–Crippen MR) is 214 cm³/mol. The summed E-state index contributed by atoms with van der Waals surface area (Å²) in [5.74, 6) is 3.28. The van der Waals surface area contributed by atoms with E-state index in [9.17, 15) is 0 Å². The van der Waals surface area contributed by atoms with Crippen LogP contribution in [0.3, 0.4) is 0 Å². The number of aromatic nitrogens is 4. The Kier molecular flexibility index (Phi) is 6.70. The first-order valence-corrected chi connectivity index (χ1v) is 18.1. The molecule has 1 aliphatic carbocycles. The van der Waals surface area contributed by atoms with Crippen molar-refractivity contribution < 1.29 is 4.74 Å². The van der Waals surface area contributed by atoms with Gasteiger partial charge in [-0.3, -0.25) is 4.98 Å². The fraction of sp³-hybridized carbons (Fsp3) is 0.0204. The summed E-state index contributed by atoms with van der Waals surface area (Å²) in [5, 5.41) is 2.29. The largest absolute Gasteiger partial charge is 0.455 e. The average molecular weight is 691 g/mol. The Balaban J connectivity index is 1.22. The van der Waals surface area contributed by atoms with Crippen LogP contribution < -0.4 is 4.74 Å². The zero-order chi connectivity index (χ0) is 35.6. The van der Waals surface area contributed by atoms with E-state index in [0.29, 0.717) is 17.5 Å². The third kappa shape index (κ3) is 4.45. The number of hydrogen-bond donors (Lipinski definition) is 0. The van der Waals surface area contributed by atoms with Crippen molar-refractivity contribution in [2.45, 2.75) is 5.41 Å². The van der Waals surface area contributed by atoms with Gasteiger partial charge in [0.2, 0.25) is 0 Å². The fourth-order valence-electron chi connectivity index (χ4n) is 8.55. The minimum atomic E-state index is -0.661. The lowest BCUT2D eigenvalue weighted by Gasteiger charge is -2.40. The molecule has 0 saturated heterocycles. The van der Waals surface area contributed by atoms with Gasteiger partial charge in [-0.25, -0.2) is 15.0 Å². The van der Waals surface area contributed by atoms with Gasteiger partial charge in [-0.1, -0.05) is 146 Å². The van der Waals surface area contributed by atoms with E-state index >= 15 is 0 Å². The number of nitrogens with zero attached hydrogens (tertiary/aromatic N) is 4. The van der Waals surface area contributed by atoms with Crippen molar-refractivity contribution in [2.75, 3.05) is 0 Å². The molecule has 252 valence electrons. The number of ether oxygens (including phenoxy) is 1. The van der Waals surface area contributed by atoms with Gasteiger partial charge in [0.1, 0.15) is 11.5 Å². The predicted octanol–water partition coefficient (Wildman–Crippen LogP) is 11.6. The number of pyridine rings is 1. The molecule has 7 aromatic carbocycles. The summed E-state index contributed by atoms with van der Waals surface area (Å²) >= 11 is 0. The fourth-order valence-corrected chi connectivity index (χ4v) is 8.55. The molecule has 11 rings (SSSR count). The molecule has 5 nitrogen and oxygen atoms in total. The molecule has 2 aliphatic rings. The quantitative estimate of drug-likeness (QED) is 0.184. The van der Waals surface area contributed by atoms with Crippen LogP contribution in [-0.2, 0) is 5.41 Å². The molecule has 0 atom stereocenters. The molecule has 2 aromatic heterocycles. The minimum Gasteiger partial charge on any atom is -0.455 e. The van der Waals surface area contributed by atoms with Crippen LogP contribution in [0, 0.1) is 0 Å². The summed E-state index contributed by atoms with van der Waals surface area (Å²) in [4.78, 5) is 19.8. The molecule has 0 saturated carbocycles. The minimum absolute atomic E-state index is 0.545. The summed E-state index contributed by atoms with van der Waals surface area (Å²) in [6.07, 6.45) is 3.66. The first kappa shape index (κ1) is 30.4. The summed E-state index contributed by atoms with van der Waals surface area (Å²) < 4.78 is 7.29. The van der Waals surface area contributed by atoms with E-state index in [4.69, 9.17) is 19.7 Å². The highest BCUT2D eigenvalue weighted by Crippen LogP contribution is 2.64. The number of para-hydroxylation sites is 2. The molecule has 9 aromatic rings. The van der Waals surface area contributed by atoms with Gasteiger partial charge in [0.15, 0.2) is 17.5 Å². The maximum atomic E-state index is 7.29. The summed E-state index contributed by atoms with van der Waals surface area (Å²) in [7, 11) is 0. The molecule has 0 amide bonds. The van der Waals surface area contributed by atoms with Crippen LogP contribution in [0.15, 0.2) is 182 Å². The van der Waals surface area contributed by atoms with E-state index in [1.165, 1.54) is 22.3 Å². The molecule has 1 spiro atoms. The van der Waals surface area contributed by atoms with Crippen LogP contribution in [0.1, 0.15) is 22.3 Å². The molecule has 1 aliphatic heterocycles. The van der Waals surface area contributed by atoms with Crippen molar-refractivity contribution in [2.24, 2.45) is 0 Å². The van der Waals surface area contributed by atoms with Crippen molar-refractivity contribution in [3.8, 4) is 67.9 Å². The van der Waals surface area contributed by atoms with Gasteiger partial charge in [-0.15, -0.1) is 0 Å². The number of fused-ring (bicyclic) bond motifs is 10. The standard InChI is InChI=1S/C49H30N4O/c1-2-13-33(14-3-1)46-51-47(35-25-24-31-12-4-5-15-34(31)30-35)53-48(52-46)39-19-11-23-43-45(39)54-44-36(32-26-28-50-29-27-32)18-10-22-42(44)49(43)40-20-8-6-16-37(40)38-17-7-9-21-41(38)49/h1-30H. The lowest BCUT2D eigenvalue weighted by atomic mass is 9.65. The van der Waals surface area contributed by atoms with E-state index in [0.717, 1.165) is 61.2 Å². The Morgan fingerprint density at radius 3 is 1.61 bits per heavy atom. The molecule has 54 heavy (non-hydrogen) atoms. The Hall–Kier alpha value is -7.24. The van der Waals surface area contributed by atoms with E-state index in [-0.39, 0.29) is 0 Å². The highest BCUT2D eigenvalue weighted by molar-refractivity contribution is 5.92. The van der Waals surface area contributed by atoms with E-state index in [2.05, 4.69) is 132 Å². The molecule has 0 unspecified atom stereocenters. The number of rotatable bonds is 4. The monoisotopic (exact) mass is 690 g/mol. The molecule has 0 N–H and O–H groups in total. The van der Waals surface area contributed by atoms with Crippen LogP contribution in [0.25, 0.3) is 67.2 Å². The third-order valence-electron chi connectivity index (χ3n) is 10.9. The highest BCUT2D eigenvalue weighted by atomic mass is 16.5. The Labute approximate surface area is 312 Å². The van der Waals surface area contributed by atoms with Crippen molar-refractivity contribution >= 4 is 10.8 Å². The lowest BCUT2D eigenvalue weighted by Crippen LogP contribution is -2.32. The van der Waals surface area contributed by atoms with Gasteiger partial charge in [-0.05, 0) is 62.9 Å². The molecular formula is C49H30N4O. The normalized spacial score (nSPS) is 13.1. The lowest BCUT2D eigenvalue weighted by molar-refractivity contribution is 0.439. The Morgan fingerprint density at radius 1 is 0.352 bits per heavy atom. The SMILES string of the molecule is c1ccc(-c2nc(-c3ccc4ccccc4c3)nc(-c3cccc4c3Oc3c(-c5ccncc5)cccc3C43c4ccccc4-c4ccccc43)n2)cc1. The van der Waals surface area contributed by atoms with Gasteiger partial charge < -0.3 is 4.74 Å². The first-order chi connectivity index (χ1) is 26.8. The van der Waals surface area contributed by atoms with Crippen molar-refractivity contribution in [3.05, 3.63) is 205 Å². The van der Waals surface area contributed by atoms with E-state index < -0.39 is 5.41 Å². The van der Waals surface area contributed by atoms with Gasteiger partial charge >= 0.3 is 0 Å². The maximum absolute atomic E-state index is 7.29. The van der Waals surface area contributed by atoms with Crippen molar-refractivity contribution in [1.29, 1.82) is 0 Å². The Bertz CT molecular complexity index is 2880. The topological polar surface area (TPSA) is 60.8 Å². The maximum Gasteiger partial charge on any atom is 0.167 e. The van der Waals surface area contributed by atoms with Crippen LogP contribution in [0.2, 0.25) is 0 Å². The molecule has 5 heteroatoms. The summed E-state index contributed by atoms with van der Waals surface area (Å²) in [5.41, 5.74) is 11.0. The molecular weight excluding hydrogens is 661 g/mol. The second kappa shape index (κ2) is 11.9. The smallest absolute Gasteiger partial charge is 0.167 e. The zero-order valence-corrected chi connectivity index (χ0v) is 29.0. The van der Waals surface area contributed by atoms with E-state index in [1.807, 2.05) is 54.9 Å². The molecule has 0 fully saturated rings. The molecule has 3 heterocycles. The number of hydrogen-bond acceptors (Lipinski definition) is 5. The van der Waals surface area contributed by atoms with Crippen molar-refractivity contribution in [1.82, 2.24) is 19.9 Å². The Morgan fingerprint density at radius 2 is 0.889 bits per heavy atom. The van der Waals surface area contributed by atoms with Crippen LogP contribution in [0.5, 0.6) is 11.5 Å². The number of benzene rings is 7. The molecule has 0 bridgehead atoms. The van der Waals surface area contributed by atoms with Gasteiger partial charge in [-0.2, -0.15) is 0 Å². The highest BCUT2D eigenvalue weighted by Gasteiger charge is 2.52. The van der Waals surface area contributed by atoms with Crippen LogP contribution in [0.4, 0.5) is 0 Å². The second-order valence-corrected chi connectivity index (χ2v) is 13.8. The average Bonchev–Trinajstić information content (AvgIpc) is 3.54. The molecule has 0 radical (unpaired) electrons. The zero-order valence-electron chi connectivity index (χ0n) is 29.0. The van der Waals surface area contributed by atoms with Crippen LogP contribution >= 0.6 is 0 Å². The van der Waals surface area contributed by atoms with Crippen molar-refractivity contribution in [3.63, 3.8) is 0 Å². The summed E-state index contributed by atoms with van der Waals surface area (Å²) in [6.45, 7) is 0. The van der Waals surface area contributed by atoms with Gasteiger partial charge in [0.05, 0.1) is 11.0 Å². The van der Waals surface area contributed by atoms with Gasteiger partial charge in [0.25, 0.3) is 0 Å². The van der Waals surface area contributed by atoms with E-state index in [1.54, 1.807) is 0 Å². The third-order valence-corrected chi connectivity index (χ3v) is 10.9. The van der Waals surface area contributed by atoms with Crippen LogP contribution in [-0.4, -0.2) is 19.9 Å².